The van der Waals surface area contributed by atoms with Gasteiger partial charge in [0.05, 0.1) is 17.9 Å². The molecule has 10 nitrogen and oxygen atoms in total. The molecule has 2 N–H and O–H groups in total. The highest BCUT2D eigenvalue weighted by molar-refractivity contribution is 6.26. The minimum absolute atomic E-state index is 0.155. The Morgan fingerprint density at radius 1 is 1.15 bits per heavy atom. The first kappa shape index (κ1) is 26.1. The number of hydrogen-bond acceptors (Lipinski definition) is 6. The molecule has 6 rings (SSSR count). The summed E-state index contributed by atoms with van der Waals surface area (Å²) in [7, 11) is 5.31. The molecule has 11 heteroatoms. The average Bonchev–Trinajstić information content (AvgIpc) is 3.46. The molecule has 1 saturated heterocycles. The Hall–Kier alpha value is -4.12. The van der Waals surface area contributed by atoms with Gasteiger partial charge in [-0.05, 0) is 55.0 Å². The molecule has 3 aliphatic rings. The number of pyridine rings is 1. The Morgan fingerprint density at radius 2 is 1.98 bits per heavy atom. The van der Waals surface area contributed by atoms with Gasteiger partial charge in [-0.15, -0.1) is 0 Å². The summed E-state index contributed by atoms with van der Waals surface area (Å²) in [5, 5.41) is 9.90. The second-order valence-corrected chi connectivity index (χ2v) is 11.4. The van der Waals surface area contributed by atoms with Gasteiger partial charge in [-0.2, -0.15) is 5.10 Å². The first-order valence-electron chi connectivity index (χ1n) is 13.5. The molecule has 0 spiro atoms. The lowest BCUT2D eigenvalue weighted by molar-refractivity contribution is -0.129. The monoisotopic (exact) mass is 553 g/mol. The van der Waals surface area contributed by atoms with Gasteiger partial charge in [-0.1, -0.05) is 12.5 Å². The number of hydrogen-bond donors (Lipinski definition) is 2. The fourth-order valence-electron chi connectivity index (χ4n) is 5.86. The van der Waals surface area contributed by atoms with E-state index in [1.54, 1.807) is 40.2 Å². The lowest BCUT2D eigenvalue weighted by Crippen LogP contribution is -2.42. The molecular formula is C29H29N6O4Si. The first-order valence-corrected chi connectivity index (χ1v) is 14.1. The van der Waals surface area contributed by atoms with Crippen LogP contribution >= 0.6 is 0 Å². The smallest absolute Gasteiger partial charge is 0.254 e. The van der Waals surface area contributed by atoms with Crippen molar-refractivity contribution in [1.29, 1.82) is 0 Å². The molecule has 2 fully saturated rings. The molecule has 3 radical (unpaired) electrons. The third-order valence-electron chi connectivity index (χ3n) is 8.25. The largest absolute Gasteiger partial charge is 0.343 e. The van der Waals surface area contributed by atoms with Gasteiger partial charge in [-0.3, -0.25) is 34.2 Å². The van der Waals surface area contributed by atoms with Crippen molar-refractivity contribution < 1.29 is 19.2 Å². The summed E-state index contributed by atoms with van der Waals surface area (Å²) in [6.45, 7) is 0.264. The third-order valence-corrected chi connectivity index (χ3v) is 8.90. The fourth-order valence-corrected chi connectivity index (χ4v) is 6.28. The van der Waals surface area contributed by atoms with Gasteiger partial charge in [0, 0.05) is 76.5 Å². The standard InChI is InChI=1S/C29H29N6O4Si/c1-34-14-19(13-31-34)20-6-3-11-30-25(20)24(16-4-2-5-16)33-27(37)17-7-8-21-18(12-17)15-35(29(21)39)22-9-10-23(36)32-28(38)26(22)40/h3,6-8,11-14,16,22,24,26H,2,4-5,9-10,15H2,1H3,(H,33,37)(H,32,36,38)/t22-,24-,26?/m0/s1. The number of fused-ring (bicyclic) bond motifs is 1. The molecule has 1 unspecified atom stereocenters. The second-order valence-electron chi connectivity index (χ2n) is 10.8. The molecule has 4 heterocycles. The highest BCUT2D eigenvalue weighted by atomic mass is 28.1. The van der Waals surface area contributed by atoms with Gasteiger partial charge in [-0.25, -0.2) is 0 Å². The second kappa shape index (κ2) is 10.5. The maximum Gasteiger partial charge on any atom is 0.254 e. The number of nitrogens with zero attached hydrogens (tertiary/aromatic N) is 4. The Bertz CT molecular complexity index is 1520. The van der Waals surface area contributed by atoms with Gasteiger partial charge in [0.15, 0.2) is 0 Å². The molecule has 1 aliphatic carbocycles. The zero-order valence-electron chi connectivity index (χ0n) is 22.1. The zero-order chi connectivity index (χ0) is 28.0. The number of amides is 4. The van der Waals surface area contributed by atoms with E-state index >= 15 is 0 Å². The van der Waals surface area contributed by atoms with Crippen molar-refractivity contribution in [2.45, 2.75) is 56.3 Å². The highest BCUT2D eigenvalue weighted by Crippen LogP contribution is 2.40. The summed E-state index contributed by atoms with van der Waals surface area (Å²) in [4.78, 5) is 57.4. The van der Waals surface area contributed by atoms with Crippen LogP contribution in [0.15, 0.2) is 48.9 Å². The molecule has 1 aromatic carbocycles. The lowest BCUT2D eigenvalue weighted by Gasteiger charge is -2.34. The lowest BCUT2D eigenvalue weighted by atomic mass is 9.77. The summed E-state index contributed by atoms with van der Waals surface area (Å²) in [6, 6.07) is 8.26. The van der Waals surface area contributed by atoms with Crippen LogP contribution in [0, 0.1) is 5.92 Å². The molecule has 40 heavy (non-hydrogen) atoms. The first-order chi connectivity index (χ1) is 19.3. The predicted octanol–water partition coefficient (Wildman–Crippen LogP) is 2.47. The zero-order valence-corrected chi connectivity index (χ0v) is 23.1. The highest BCUT2D eigenvalue weighted by Gasteiger charge is 2.40. The summed E-state index contributed by atoms with van der Waals surface area (Å²) < 4.78 is 1.75. The molecule has 3 aromatic rings. The molecule has 0 bridgehead atoms. The van der Waals surface area contributed by atoms with Crippen molar-refractivity contribution in [2.75, 3.05) is 0 Å². The molecular weight excluding hydrogens is 524 g/mol. The van der Waals surface area contributed by atoms with Gasteiger partial charge in [0.25, 0.3) is 11.8 Å². The normalized spacial score (nSPS) is 21.9. The van der Waals surface area contributed by atoms with Crippen molar-refractivity contribution in [2.24, 2.45) is 13.0 Å². The number of carbonyl (C=O) groups excluding carboxylic acids is 4. The quantitative estimate of drug-likeness (QED) is 0.357. The number of rotatable bonds is 6. The van der Waals surface area contributed by atoms with Crippen molar-refractivity contribution in [1.82, 2.24) is 30.3 Å². The van der Waals surface area contributed by atoms with E-state index in [0.29, 0.717) is 17.5 Å². The van der Waals surface area contributed by atoms with E-state index in [2.05, 4.69) is 26.0 Å². The Balaban J connectivity index is 1.24. The van der Waals surface area contributed by atoms with E-state index in [4.69, 9.17) is 4.98 Å². The van der Waals surface area contributed by atoms with Gasteiger partial charge in [0.1, 0.15) is 0 Å². The Morgan fingerprint density at radius 3 is 2.70 bits per heavy atom. The fraction of sp³-hybridized carbons (Fsp3) is 0.379. The molecule has 2 aliphatic heterocycles. The van der Waals surface area contributed by atoms with Crippen LogP contribution < -0.4 is 10.6 Å². The molecule has 203 valence electrons. The van der Waals surface area contributed by atoms with E-state index in [9.17, 15) is 19.2 Å². The molecule has 2 aromatic heterocycles. The van der Waals surface area contributed by atoms with Crippen LogP contribution in [0.2, 0.25) is 5.54 Å². The van der Waals surface area contributed by atoms with Crippen molar-refractivity contribution in [3.8, 4) is 11.1 Å². The van der Waals surface area contributed by atoms with Crippen LogP contribution in [0.3, 0.4) is 0 Å². The third kappa shape index (κ3) is 4.74. The van der Waals surface area contributed by atoms with Gasteiger partial charge in [0.2, 0.25) is 11.8 Å². The summed E-state index contributed by atoms with van der Waals surface area (Å²) >= 11 is 0. The van der Waals surface area contributed by atoms with Gasteiger partial charge >= 0.3 is 0 Å². The van der Waals surface area contributed by atoms with Crippen LogP contribution in [0.1, 0.15) is 70.1 Å². The summed E-state index contributed by atoms with van der Waals surface area (Å²) in [5.41, 5.74) is 3.69. The Kier molecular flexibility index (Phi) is 6.83. The summed E-state index contributed by atoms with van der Waals surface area (Å²) in [5.74, 6) is -0.958. The number of benzene rings is 1. The van der Waals surface area contributed by atoms with Crippen LogP contribution in [-0.2, 0) is 23.2 Å². The van der Waals surface area contributed by atoms with Crippen molar-refractivity contribution in [3.05, 3.63) is 71.3 Å². The van der Waals surface area contributed by atoms with Crippen LogP contribution in [0.5, 0.6) is 0 Å². The van der Waals surface area contributed by atoms with Gasteiger partial charge < -0.3 is 10.2 Å². The molecule has 4 amide bonds. The summed E-state index contributed by atoms with van der Waals surface area (Å²) in [6.07, 6.45) is 9.14. The molecule has 1 saturated carbocycles. The number of carbonyl (C=O) groups is 4. The SMILES string of the molecule is Cn1cc(-c2cccnc2[C@@H](NC(=O)c2ccc3c(c2)CN([C@H]2CCC(=O)NC(=O)C2[Si])C3=O)C2CCC2)cn1. The van der Waals surface area contributed by atoms with E-state index in [-0.39, 0.29) is 42.6 Å². The van der Waals surface area contributed by atoms with Crippen molar-refractivity contribution in [3.63, 3.8) is 0 Å². The molecule has 3 atom stereocenters. The van der Waals surface area contributed by atoms with Crippen LogP contribution in [0.4, 0.5) is 0 Å². The average molecular weight is 554 g/mol. The number of imide groups is 1. The van der Waals surface area contributed by atoms with E-state index < -0.39 is 17.5 Å². The minimum atomic E-state index is -0.705. The number of aryl methyl sites for hydroxylation is 1. The van der Waals surface area contributed by atoms with Crippen LogP contribution in [0.25, 0.3) is 11.1 Å². The van der Waals surface area contributed by atoms with E-state index in [1.807, 2.05) is 25.4 Å². The Labute approximate surface area is 235 Å². The topological polar surface area (TPSA) is 126 Å². The van der Waals surface area contributed by atoms with Crippen LogP contribution in [-0.4, -0.2) is 59.6 Å². The van der Waals surface area contributed by atoms with Crippen molar-refractivity contribution >= 4 is 33.9 Å². The number of aromatic nitrogens is 3. The predicted molar refractivity (Wildman–Crippen MR) is 146 cm³/mol. The maximum atomic E-state index is 13.6. The van der Waals surface area contributed by atoms with E-state index in [0.717, 1.165) is 41.6 Å². The number of nitrogens with one attached hydrogen (secondary N) is 2. The minimum Gasteiger partial charge on any atom is -0.343 e. The maximum absolute atomic E-state index is 13.6. The van der Waals surface area contributed by atoms with E-state index in [1.165, 1.54) is 0 Å².